The lowest BCUT2D eigenvalue weighted by Gasteiger charge is -2.36. The van der Waals surface area contributed by atoms with Crippen LogP contribution < -0.4 is 10.2 Å². The zero-order valence-electron chi connectivity index (χ0n) is 23.0. The van der Waals surface area contributed by atoms with Crippen LogP contribution in [0.4, 0.5) is 17.1 Å². The summed E-state index contributed by atoms with van der Waals surface area (Å²) in [6.45, 7) is 4.67. The fourth-order valence-corrected chi connectivity index (χ4v) is 5.22. The maximum atomic E-state index is 12.5. The van der Waals surface area contributed by atoms with Gasteiger partial charge in [-0.3, -0.25) is 19.8 Å². The Bertz CT molecular complexity index is 1720. The van der Waals surface area contributed by atoms with Crippen LogP contribution in [0.5, 0.6) is 0 Å². The number of anilines is 2. The minimum atomic E-state index is -0.452. The Morgan fingerprint density at radius 2 is 1.60 bits per heavy atom. The van der Waals surface area contributed by atoms with Gasteiger partial charge >= 0.3 is 0 Å². The molecule has 6 rings (SSSR count). The number of fused-ring (bicyclic) bond motifs is 1. The first-order valence-corrected chi connectivity index (χ1v) is 13.9. The number of piperazine rings is 1. The first kappa shape index (κ1) is 26.9. The molecule has 42 heavy (non-hydrogen) atoms. The molecule has 1 amide bonds. The number of imidazole rings is 1. The van der Waals surface area contributed by atoms with Crippen molar-refractivity contribution < 1.29 is 9.72 Å². The van der Waals surface area contributed by atoms with Gasteiger partial charge in [0.2, 0.25) is 5.91 Å². The SMILES string of the molecule is O=C(/C=C/c1ccc([N+](=O)[O-])cc1)Nc1ccc(-c2nc3ccccn3c2CN2CCN(c3ccccc3)CC2)cc1. The highest BCUT2D eigenvalue weighted by Gasteiger charge is 2.21. The Labute approximate surface area is 243 Å². The Morgan fingerprint density at radius 1 is 0.881 bits per heavy atom. The summed E-state index contributed by atoms with van der Waals surface area (Å²) in [6.07, 6.45) is 5.09. The number of nitrogens with one attached hydrogen (secondary N) is 1. The molecule has 1 aliphatic rings. The second-order valence-corrected chi connectivity index (χ2v) is 10.2. The van der Waals surface area contributed by atoms with E-state index >= 15 is 0 Å². The molecule has 1 aliphatic heterocycles. The molecule has 0 spiro atoms. The number of nitro benzene ring substituents is 1. The van der Waals surface area contributed by atoms with Gasteiger partial charge in [-0.05, 0) is 60.2 Å². The second kappa shape index (κ2) is 12.1. The molecule has 5 aromatic rings. The van der Waals surface area contributed by atoms with E-state index in [1.807, 2.05) is 48.5 Å². The third-order valence-corrected chi connectivity index (χ3v) is 7.45. The molecule has 210 valence electrons. The van der Waals surface area contributed by atoms with Gasteiger partial charge in [-0.25, -0.2) is 4.98 Å². The third-order valence-electron chi connectivity index (χ3n) is 7.45. The van der Waals surface area contributed by atoms with Gasteiger partial charge < -0.3 is 14.6 Å². The van der Waals surface area contributed by atoms with Crippen LogP contribution in [0.3, 0.4) is 0 Å². The average molecular weight is 559 g/mol. The number of nitrogens with zero attached hydrogens (tertiary/aromatic N) is 5. The minimum Gasteiger partial charge on any atom is -0.369 e. The van der Waals surface area contributed by atoms with Crippen LogP contribution >= 0.6 is 0 Å². The number of carbonyl (C=O) groups excluding carboxylic acids is 1. The third kappa shape index (κ3) is 6.06. The maximum Gasteiger partial charge on any atom is 0.269 e. The standard InChI is InChI=1S/C33H30N6O3/c40-32(18-11-25-9-16-29(17-10-25)39(41)42)34-27-14-12-26(13-15-27)33-30(38-19-5-4-8-31(38)35-33)24-36-20-22-37(23-21-36)28-6-2-1-3-7-28/h1-19H,20-24H2,(H,34,40)/b18-11+. The van der Waals surface area contributed by atoms with E-state index in [9.17, 15) is 14.9 Å². The molecule has 0 saturated carbocycles. The van der Waals surface area contributed by atoms with Crippen LogP contribution in [0.15, 0.2) is 109 Å². The quantitative estimate of drug-likeness (QED) is 0.145. The summed E-state index contributed by atoms with van der Waals surface area (Å²) in [6, 6.07) is 30.3. The number of aromatic nitrogens is 2. The van der Waals surface area contributed by atoms with Crippen molar-refractivity contribution in [2.45, 2.75) is 6.54 Å². The molecule has 3 heterocycles. The molecule has 0 bridgehead atoms. The van der Waals surface area contributed by atoms with Gasteiger partial charge in [0.25, 0.3) is 5.69 Å². The van der Waals surface area contributed by atoms with Gasteiger partial charge in [-0.2, -0.15) is 0 Å². The molecular formula is C33H30N6O3. The van der Waals surface area contributed by atoms with Gasteiger partial charge in [0.15, 0.2) is 0 Å². The molecule has 9 heteroatoms. The average Bonchev–Trinajstić information content (AvgIpc) is 3.39. The second-order valence-electron chi connectivity index (χ2n) is 10.2. The lowest BCUT2D eigenvalue weighted by atomic mass is 10.1. The zero-order valence-corrected chi connectivity index (χ0v) is 23.0. The number of hydrogen-bond acceptors (Lipinski definition) is 6. The molecular weight excluding hydrogens is 528 g/mol. The van der Waals surface area contributed by atoms with Gasteiger partial charge in [-0.1, -0.05) is 36.4 Å². The molecule has 3 aromatic carbocycles. The highest BCUT2D eigenvalue weighted by atomic mass is 16.6. The molecule has 1 N–H and O–H groups in total. The molecule has 1 saturated heterocycles. The first-order valence-electron chi connectivity index (χ1n) is 13.9. The summed E-state index contributed by atoms with van der Waals surface area (Å²) in [4.78, 5) is 32.7. The number of non-ortho nitro benzene ring substituents is 1. The van der Waals surface area contributed by atoms with Crippen molar-refractivity contribution in [1.82, 2.24) is 14.3 Å². The van der Waals surface area contributed by atoms with Gasteiger partial charge in [0.1, 0.15) is 5.65 Å². The highest BCUT2D eigenvalue weighted by Crippen LogP contribution is 2.28. The van der Waals surface area contributed by atoms with Crippen LogP contribution in [0, 0.1) is 10.1 Å². The molecule has 0 aliphatic carbocycles. The topological polar surface area (TPSA) is 96.0 Å². The van der Waals surface area contributed by atoms with E-state index in [1.165, 1.54) is 23.9 Å². The van der Waals surface area contributed by atoms with Crippen LogP contribution in [-0.4, -0.2) is 51.3 Å². The number of nitro groups is 1. The van der Waals surface area contributed by atoms with Crippen LogP contribution in [0.25, 0.3) is 23.0 Å². The van der Waals surface area contributed by atoms with Crippen molar-refractivity contribution in [3.05, 3.63) is 131 Å². The monoisotopic (exact) mass is 558 g/mol. The van der Waals surface area contributed by atoms with Crippen LogP contribution in [0.1, 0.15) is 11.3 Å². The lowest BCUT2D eigenvalue weighted by molar-refractivity contribution is -0.384. The van der Waals surface area contributed by atoms with Gasteiger partial charge in [-0.15, -0.1) is 0 Å². The Morgan fingerprint density at radius 3 is 2.31 bits per heavy atom. The van der Waals surface area contributed by atoms with Crippen molar-refractivity contribution in [1.29, 1.82) is 0 Å². The molecule has 9 nitrogen and oxygen atoms in total. The molecule has 2 aromatic heterocycles. The Hall–Kier alpha value is -5.28. The summed E-state index contributed by atoms with van der Waals surface area (Å²) >= 11 is 0. The number of benzene rings is 3. The summed E-state index contributed by atoms with van der Waals surface area (Å²) < 4.78 is 2.16. The zero-order chi connectivity index (χ0) is 28.9. The van der Waals surface area contributed by atoms with Crippen molar-refractivity contribution >= 4 is 34.7 Å². The van der Waals surface area contributed by atoms with Crippen molar-refractivity contribution in [3.63, 3.8) is 0 Å². The van der Waals surface area contributed by atoms with Gasteiger partial charge in [0, 0.05) is 74.1 Å². The summed E-state index contributed by atoms with van der Waals surface area (Å²) in [5.74, 6) is -0.288. The first-order chi connectivity index (χ1) is 20.5. The van der Waals surface area contributed by atoms with Crippen LogP contribution in [-0.2, 0) is 11.3 Å². The van der Waals surface area contributed by atoms with E-state index in [1.54, 1.807) is 18.2 Å². The number of hydrogen-bond donors (Lipinski definition) is 1. The molecule has 0 atom stereocenters. The Kier molecular flexibility index (Phi) is 7.74. The fraction of sp³-hybridized carbons (Fsp3) is 0.152. The van der Waals surface area contributed by atoms with E-state index < -0.39 is 4.92 Å². The van der Waals surface area contributed by atoms with E-state index in [-0.39, 0.29) is 11.6 Å². The summed E-state index contributed by atoms with van der Waals surface area (Å²) in [5, 5.41) is 13.7. The van der Waals surface area contributed by atoms with Gasteiger partial charge in [0.05, 0.1) is 16.3 Å². The van der Waals surface area contributed by atoms with Crippen molar-refractivity contribution in [2.75, 3.05) is 36.4 Å². The number of rotatable bonds is 8. The lowest BCUT2D eigenvalue weighted by Crippen LogP contribution is -2.46. The maximum absolute atomic E-state index is 12.5. The minimum absolute atomic E-state index is 0.0103. The smallest absolute Gasteiger partial charge is 0.269 e. The van der Waals surface area contributed by atoms with Crippen molar-refractivity contribution in [3.8, 4) is 11.3 Å². The fourth-order valence-electron chi connectivity index (χ4n) is 5.22. The van der Waals surface area contributed by atoms with E-state index in [0.717, 1.165) is 55.3 Å². The normalized spacial score (nSPS) is 14.0. The number of para-hydroxylation sites is 1. The van der Waals surface area contributed by atoms with E-state index in [0.29, 0.717) is 11.3 Å². The molecule has 0 radical (unpaired) electrons. The predicted octanol–water partition coefficient (Wildman–Crippen LogP) is 5.88. The number of carbonyl (C=O) groups is 1. The largest absolute Gasteiger partial charge is 0.369 e. The summed E-state index contributed by atoms with van der Waals surface area (Å²) in [5.41, 5.74) is 6.60. The highest BCUT2D eigenvalue weighted by molar-refractivity contribution is 6.02. The number of amides is 1. The number of pyridine rings is 1. The van der Waals surface area contributed by atoms with Crippen molar-refractivity contribution in [2.24, 2.45) is 0 Å². The van der Waals surface area contributed by atoms with Crippen LogP contribution in [0.2, 0.25) is 0 Å². The molecule has 1 fully saturated rings. The summed E-state index contributed by atoms with van der Waals surface area (Å²) in [7, 11) is 0. The predicted molar refractivity (Wildman–Crippen MR) is 165 cm³/mol. The Balaban J connectivity index is 1.14. The van der Waals surface area contributed by atoms with E-state index in [2.05, 4.69) is 50.0 Å². The van der Waals surface area contributed by atoms with E-state index in [4.69, 9.17) is 4.98 Å². The molecule has 0 unspecified atom stereocenters.